The molecule has 0 heterocycles. The summed E-state index contributed by atoms with van der Waals surface area (Å²) in [5.41, 5.74) is 1.01. The molecule has 0 aliphatic carbocycles. The summed E-state index contributed by atoms with van der Waals surface area (Å²) in [6.07, 6.45) is -2.77. The summed E-state index contributed by atoms with van der Waals surface area (Å²) < 4.78 is 40.2. The van der Waals surface area contributed by atoms with Crippen molar-refractivity contribution in [1.82, 2.24) is 5.32 Å². The molecular formula is C15H22F3NOS. The van der Waals surface area contributed by atoms with E-state index in [1.54, 1.807) is 12.1 Å². The zero-order valence-electron chi connectivity index (χ0n) is 12.4. The molecule has 0 fully saturated rings. The minimum atomic E-state index is -4.63. The third-order valence-corrected chi connectivity index (χ3v) is 3.89. The van der Waals surface area contributed by atoms with E-state index >= 15 is 0 Å². The van der Waals surface area contributed by atoms with Gasteiger partial charge in [0.1, 0.15) is 5.75 Å². The first kappa shape index (κ1) is 18.2. The fraction of sp³-hybridized carbons (Fsp3) is 0.600. The van der Waals surface area contributed by atoms with Crippen molar-refractivity contribution in [1.29, 1.82) is 0 Å². The van der Waals surface area contributed by atoms with Crippen LogP contribution in [0.25, 0.3) is 0 Å². The van der Waals surface area contributed by atoms with Crippen LogP contribution in [0.15, 0.2) is 24.3 Å². The van der Waals surface area contributed by atoms with Gasteiger partial charge in [0, 0.05) is 11.8 Å². The van der Waals surface area contributed by atoms with Crippen LogP contribution in [0.1, 0.15) is 25.8 Å². The van der Waals surface area contributed by atoms with Gasteiger partial charge < -0.3 is 10.1 Å². The van der Waals surface area contributed by atoms with E-state index < -0.39 is 6.36 Å². The Morgan fingerprint density at radius 2 is 1.86 bits per heavy atom. The van der Waals surface area contributed by atoms with Gasteiger partial charge in [-0.05, 0) is 42.8 Å². The van der Waals surface area contributed by atoms with Gasteiger partial charge in [0.2, 0.25) is 0 Å². The average Bonchev–Trinajstić information content (AvgIpc) is 2.42. The van der Waals surface area contributed by atoms with Crippen molar-refractivity contribution in [2.45, 2.75) is 39.1 Å². The van der Waals surface area contributed by atoms with E-state index in [9.17, 15) is 13.2 Å². The summed E-state index contributed by atoms with van der Waals surface area (Å²) in [7, 11) is 0. The van der Waals surface area contributed by atoms with Crippen LogP contribution in [0.4, 0.5) is 13.2 Å². The first-order chi connectivity index (χ1) is 9.94. The molecule has 0 amide bonds. The second kappa shape index (κ2) is 9.20. The van der Waals surface area contributed by atoms with E-state index in [4.69, 9.17) is 0 Å². The van der Waals surface area contributed by atoms with Crippen LogP contribution in [0.2, 0.25) is 0 Å². The van der Waals surface area contributed by atoms with Crippen molar-refractivity contribution < 1.29 is 17.9 Å². The first-order valence-corrected chi connectivity index (χ1v) is 8.26. The lowest BCUT2D eigenvalue weighted by Crippen LogP contribution is -2.34. The highest BCUT2D eigenvalue weighted by Gasteiger charge is 2.30. The molecule has 21 heavy (non-hydrogen) atoms. The van der Waals surface area contributed by atoms with Crippen molar-refractivity contribution in [2.75, 3.05) is 18.1 Å². The lowest BCUT2D eigenvalue weighted by Gasteiger charge is -2.18. The number of ether oxygens (including phenoxy) is 1. The van der Waals surface area contributed by atoms with Crippen LogP contribution in [-0.4, -0.2) is 30.5 Å². The van der Waals surface area contributed by atoms with Crippen LogP contribution in [-0.2, 0) is 6.42 Å². The standard InChI is InChI=1S/C15H22F3NOS/c1-3-9-19-13(11-21-4-2)10-12-5-7-14(8-6-12)20-15(16,17)18/h5-8,13,19H,3-4,9-11H2,1-2H3. The molecule has 0 radical (unpaired) electrons. The molecular weight excluding hydrogens is 299 g/mol. The number of rotatable bonds is 9. The Labute approximate surface area is 128 Å². The molecule has 1 unspecified atom stereocenters. The monoisotopic (exact) mass is 321 g/mol. The predicted octanol–water partition coefficient (Wildman–Crippen LogP) is 4.25. The molecule has 0 bridgehead atoms. The molecule has 0 aromatic heterocycles. The number of hydrogen-bond acceptors (Lipinski definition) is 3. The lowest BCUT2D eigenvalue weighted by molar-refractivity contribution is -0.274. The minimum Gasteiger partial charge on any atom is -0.406 e. The number of nitrogens with one attached hydrogen (secondary N) is 1. The molecule has 0 aliphatic heterocycles. The van der Waals surface area contributed by atoms with Crippen molar-refractivity contribution in [3.8, 4) is 5.75 Å². The maximum Gasteiger partial charge on any atom is 0.573 e. The maximum atomic E-state index is 12.1. The third kappa shape index (κ3) is 8.21. The normalized spacial score (nSPS) is 13.2. The summed E-state index contributed by atoms with van der Waals surface area (Å²) in [5, 5.41) is 3.47. The van der Waals surface area contributed by atoms with Gasteiger partial charge in [0.25, 0.3) is 0 Å². The molecule has 120 valence electrons. The molecule has 0 spiro atoms. The van der Waals surface area contributed by atoms with Crippen molar-refractivity contribution in [2.24, 2.45) is 0 Å². The smallest absolute Gasteiger partial charge is 0.406 e. The Balaban J connectivity index is 2.57. The predicted molar refractivity (Wildman–Crippen MR) is 81.9 cm³/mol. The number of halogens is 3. The van der Waals surface area contributed by atoms with E-state index in [0.29, 0.717) is 6.04 Å². The molecule has 1 rings (SSSR count). The molecule has 1 aromatic carbocycles. The van der Waals surface area contributed by atoms with Crippen LogP contribution >= 0.6 is 11.8 Å². The fourth-order valence-corrected chi connectivity index (χ4v) is 2.67. The van der Waals surface area contributed by atoms with Crippen molar-refractivity contribution in [3.63, 3.8) is 0 Å². The zero-order chi connectivity index (χ0) is 15.7. The van der Waals surface area contributed by atoms with Crippen LogP contribution in [0.5, 0.6) is 5.75 Å². The van der Waals surface area contributed by atoms with Gasteiger partial charge in [0.15, 0.2) is 0 Å². The van der Waals surface area contributed by atoms with Crippen LogP contribution in [0, 0.1) is 0 Å². The highest BCUT2D eigenvalue weighted by Crippen LogP contribution is 2.23. The van der Waals surface area contributed by atoms with Gasteiger partial charge in [-0.15, -0.1) is 13.2 Å². The average molecular weight is 321 g/mol. The number of thioether (sulfide) groups is 1. The Bertz CT molecular complexity index is 387. The summed E-state index contributed by atoms with van der Waals surface area (Å²) in [6, 6.07) is 6.46. The molecule has 0 saturated heterocycles. The largest absolute Gasteiger partial charge is 0.573 e. The van der Waals surface area contributed by atoms with Crippen LogP contribution < -0.4 is 10.1 Å². The van der Waals surface area contributed by atoms with E-state index in [-0.39, 0.29) is 5.75 Å². The molecule has 0 saturated carbocycles. The van der Waals surface area contributed by atoms with E-state index in [1.807, 2.05) is 11.8 Å². The summed E-state index contributed by atoms with van der Waals surface area (Å²) in [6.45, 7) is 5.18. The first-order valence-electron chi connectivity index (χ1n) is 7.10. The zero-order valence-corrected chi connectivity index (χ0v) is 13.2. The molecule has 1 N–H and O–H groups in total. The molecule has 1 aromatic rings. The van der Waals surface area contributed by atoms with E-state index in [2.05, 4.69) is 23.9 Å². The van der Waals surface area contributed by atoms with E-state index in [0.717, 1.165) is 36.5 Å². The van der Waals surface area contributed by atoms with Gasteiger partial charge in [-0.25, -0.2) is 0 Å². The summed E-state index contributed by atoms with van der Waals surface area (Å²) >= 11 is 1.86. The molecule has 6 heteroatoms. The van der Waals surface area contributed by atoms with Crippen molar-refractivity contribution >= 4 is 11.8 Å². The number of benzene rings is 1. The Hall–Kier alpha value is -0.880. The van der Waals surface area contributed by atoms with E-state index in [1.165, 1.54) is 12.1 Å². The quantitative estimate of drug-likeness (QED) is 0.735. The number of alkyl halides is 3. The third-order valence-electron chi connectivity index (χ3n) is 2.85. The lowest BCUT2D eigenvalue weighted by atomic mass is 10.1. The Morgan fingerprint density at radius 1 is 1.19 bits per heavy atom. The minimum absolute atomic E-state index is 0.174. The second-order valence-electron chi connectivity index (χ2n) is 4.71. The SMILES string of the molecule is CCCNC(CSCC)Cc1ccc(OC(F)(F)F)cc1. The highest BCUT2D eigenvalue weighted by molar-refractivity contribution is 7.99. The van der Waals surface area contributed by atoms with Gasteiger partial charge in [0.05, 0.1) is 0 Å². The van der Waals surface area contributed by atoms with Crippen LogP contribution in [0.3, 0.4) is 0 Å². The number of hydrogen-bond donors (Lipinski definition) is 1. The Morgan fingerprint density at radius 3 is 2.38 bits per heavy atom. The topological polar surface area (TPSA) is 21.3 Å². The molecule has 2 nitrogen and oxygen atoms in total. The van der Waals surface area contributed by atoms with Gasteiger partial charge in [-0.2, -0.15) is 11.8 Å². The summed E-state index contributed by atoms with van der Waals surface area (Å²) in [4.78, 5) is 0. The van der Waals surface area contributed by atoms with Gasteiger partial charge in [-0.1, -0.05) is 26.0 Å². The van der Waals surface area contributed by atoms with Crippen molar-refractivity contribution in [3.05, 3.63) is 29.8 Å². The molecule has 1 atom stereocenters. The second-order valence-corrected chi connectivity index (χ2v) is 6.03. The highest BCUT2D eigenvalue weighted by atomic mass is 32.2. The fourth-order valence-electron chi connectivity index (χ4n) is 1.91. The van der Waals surface area contributed by atoms with Gasteiger partial charge >= 0.3 is 6.36 Å². The summed E-state index contributed by atoms with van der Waals surface area (Å²) in [5.74, 6) is 1.88. The Kier molecular flexibility index (Phi) is 7.96. The molecule has 0 aliphatic rings. The van der Waals surface area contributed by atoms with Gasteiger partial charge in [-0.3, -0.25) is 0 Å². The maximum absolute atomic E-state index is 12.1.